The third kappa shape index (κ3) is 3.80. The Balaban J connectivity index is 1.41. The molecule has 4 rings (SSSR count). The Kier molecular flexibility index (Phi) is 4.90. The van der Waals surface area contributed by atoms with E-state index in [0.29, 0.717) is 6.04 Å². The summed E-state index contributed by atoms with van der Waals surface area (Å²) in [6, 6.07) is 4.63. The van der Waals surface area contributed by atoms with Crippen LogP contribution in [0.1, 0.15) is 59.1 Å². The van der Waals surface area contributed by atoms with E-state index >= 15 is 0 Å². The van der Waals surface area contributed by atoms with Crippen molar-refractivity contribution in [2.75, 3.05) is 18.4 Å². The van der Waals surface area contributed by atoms with Gasteiger partial charge in [-0.15, -0.1) is 11.3 Å². The van der Waals surface area contributed by atoms with Crippen molar-refractivity contribution in [3.63, 3.8) is 0 Å². The van der Waals surface area contributed by atoms with Gasteiger partial charge >= 0.3 is 0 Å². The number of hydrogen-bond acceptors (Lipinski definition) is 4. The first-order valence-corrected chi connectivity index (χ1v) is 10.1. The highest BCUT2D eigenvalue weighted by atomic mass is 32.1. The third-order valence-electron chi connectivity index (χ3n) is 5.47. The summed E-state index contributed by atoms with van der Waals surface area (Å²) >= 11 is 1.65. The molecule has 1 unspecified atom stereocenters. The molecule has 6 heteroatoms. The Morgan fingerprint density at radius 2 is 2.12 bits per heavy atom. The monoisotopic (exact) mass is 358 g/mol. The molecule has 2 aliphatic rings. The van der Waals surface area contributed by atoms with Gasteiger partial charge in [-0.05, 0) is 50.3 Å². The molecule has 1 amide bonds. The molecule has 5 nitrogen and oxygen atoms in total. The number of thiophene rings is 1. The number of carbonyl (C=O) groups excluding carboxylic acids is 1. The van der Waals surface area contributed by atoms with E-state index in [1.807, 2.05) is 19.3 Å². The molecule has 2 aromatic heterocycles. The first-order valence-electron chi connectivity index (χ1n) is 9.33. The smallest absolute Gasteiger partial charge is 0.265 e. The maximum Gasteiger partial charge on any atom is 0.265 e. The molecule has 0 radical (unpaired) electrons. The zero-order valence-electron chi connectivity index (χ0n) is 14.8. The van der Waals surface area contributed by atoms with E-state index in [1.54, 1.807) is 22.2 Å². The molecule has 2 fully saturated rings. The summed E-state index contributed by atoms with van der Waals surface area (Å²) in [4.78, 5) is 17.2. The Morgan fingerprint density at radius 3 is 2.88 bits per heavy atom. The minimum absolute atomic E-state index is 0.0374. The lowest BCUT2D eigenvalue weighted by molar-refractivity contribution is 0.103. The van der Waals surface area contributed by atoms with Gasteiger partial charge in [0, 0.05) is 30.7 Å². The second kappa shape index (κ2) is 7.30. The van der Waals surface area contributed by atoms with Crippen LogP contribution in [0.4, 0.5) is 5.69 Å². The molecule has 1 N–H and O–H groups in total. The van der Waals surface area contributed by atoms with Crippen molar-refractivity contribution in [2.24, 2.45) is 13.0 Å². The van der Waals surface area contributed by atoms with E-state index in [-0.39, 0.29) is 5.91 Å². The Hall–Kier alpha value is -1.66. The zero-order valence-corrected chi connectivity index (χ0v) is 15.6. The summed E-state index contributed by atoms with van der Waals surface area (Å²) in [6.45, 7) is 2.44. The van der Waals surface area contributed by atoms with Gasteiger partial charge in [0.05, 0.1) is 16.8 Å². The van der Waals surface area contributed by atoms with Crippen LogP contribution in [0.3, 0.4) is 0 Å². The maximum atomic E-state index is 12.5. The van der Waals surface area contributed by atoms with Crippen molar-refractivity contribution in [3.05, 3.63) is 34.3 Å². The third-order valence-corrected chi connectivity index (χ3v) is 6.66. The van der Waals surface area contributed by atoms with Gasteiger partial charge in [0.2, 0.25) is 0 Å². The fourth-order valence-corrected chi connectivity index (χ4v) is 5.30. The van der Waals surface area contributed by atoms with E-state index in [0.717, 1.165) is 16.5 Å². The molecular formula is C19H26N4OS. The standard InChI is InChI=1S/C19H26N4OS/c1-22-13-15(11-20-22)21-19(24)18-9-8-17(25-18)16-7-4-10-23(16)12-14-5-2-3-6-14/h8-9,11,13-14,16H,2-7,10,12H2,1H3,(H,21,24). The second-order valence-electron chi connectivity index (χ2n) is 7.36. The summed E-state index contributed by atoms with van der Waals surface area (Å²) in [5.41, 5.74) is 0.742. The lowest BCUT2D eigenvalue weighted by Gasteiger charge is -2.26. The highest BCUT2D eigenvalue weighted by molar-refractivity contribution is 7.14. The molecular weight excluding hydrogens is 332 g/mol. The molecule has 1 aliphatic heterocycles. The first-order chi connectivity index (χ1) is 12.2. The first kappa shape index (κ1) is 16.8. The summed E-state index contributed by atoms with van der Waals surface area (Å²) < 4.78 is 1.69. The number of hydrogen-bond donors (Lipinski definition) is 1. The minimum atomic E-state index is -0.0374. The fraction of sp³-hybridized carbons (Fsp3) is 0.579. The van der Waals surface area contributed by atoms with E-state index in [2.05, 4.69) is 21.4 Å². The Morgan fingerprint density at radius 1 is 1.28 bits per heavy atom. The van der Waals surface area contributed by atoms with Crippen molar-refractivity contribution in [1.29, 1.82) is 0 Å². The molecule has 2 aromatic rings. The molecule has 134 valence electrons. The topological polar surface area (TPSA) is 50.2 Å². The number of aromatic nitrogens is 2. The molecule has 0 spiro atoms. The average molecular weight is 359 g/mol. The summed E-state index contributed by atoms with van der Waals surface area (Å²) in [6.07, 6.45) is 11.6. The molecule has 0 bridgehead atoms. The number of amides is 1. The minimum Gasteiger partial charge on any atom is -0.319 e. The number of aryl methyl sites for hydroxylation is 1. The van der Waals surface area contributed by atoms with Gasteiger partial charge in [-0.2, -0.15) is 5.10 Å². The molecule has 1 saturated heterocycles. The van der Waals surface area contributed by atoms with Gasteiger partial charge in [-0.3, -0.25) is 14.4 Å². The van der Waals surface area contributed by atoms with Crippen LogP contribution in [-0.2, 0) is 7.05 Å². The lowest BCUT2D eigenvalue weighted by atomic mass is 10.1. The number of nitrogens with one attached hydrogen (secondary N) is 1. The van der Waals surface area contributed by atoms with Gasteiger partial charge in [0.15, 0.2) is 0 Å². The average Bonchev–Trinajstić information content (AvgIpc) is 3.34. The normalized spacial score (nSPS) is 21.9. The molecule has 1 aliphatic carbocycles. The van der Waals surface area contributed by atoms with Crippen LogP contribution in [0.15, 0.2) is 24.5 Å². The fourth-order valence-electron chi connectivity index (χ4n) is 4.22. The summed E-state index contributed by atoms with van der Waals surface area (Å²) in [7, 11) is 1.85. The number of likely N-dealkylation sites (tertiary alicyclic amines) is 1. The largest absolute Gasteiger partial charge is 0.319 e. The number of anilines is 1. The number of nitrogens with zero attached hydrogens (tertiary/aromatic N) is 3. The van der Waals surface area contributed by atoms with Crippen molar-refractivity contribution < 1.29 is 4.79 Å². The van der Waals surface area contributed by atoms with Crippen LogP contribution in [-0.4, -0.2) is 33.7 Å². The van der Waals surface area contributed by atoms with Crippen LogP contribution >= 0.6 is 11.3 Å². The highest BCUT2D eigenvalue weighted by Gasteiger charge is 2.30. The van der Waals surface area contributed by atoms with Crippen LogP contribution < -0.4 is 5.32 Å². The quantitative estimate of drug-likeness (QED) is 0.877. The molecule has 25 heavy (non-hydrogen) atoms. The van der Waals surface area contributed by atoms with Crippen molar-refractivity contribution in [2.45, 2.75) is 44.6 Å². The highest BCUT2D eigenvalue weighted by Crippen LogP contribution is 2.38. The van der Waals surface area contributed by atoms with Crippen LogP contribution in [0, 0.1) is 5.92 Å². The van der Waals surface area contributed by atoms with E-state index in [4.69, 9.17) is 0 Å². The Labute approximate surface area is 153 Å². The molecule has 1 atom stereocenters. The van der Waals surface area contributed by atoms with Gasteiger partial charge in [0.1, 0.15) is 0 Å². The maximum absolute atomic E-state index is 12.5. The lowest BCUT2D eigenvalue weighted by Crippen LogP contribution is -2.28. The molecule has 3 heterocycles. The van der Waals surface area contributed by atoms with Gasteiger partial charge in [-0.25, -0.2) is 0 Å². The van der Waals surface area contributed by atoms with E-state index in [1.165, 1.54) is 56.5 Å². The van der Waals surface area contributed by atoms with Crippen LogP contribution in [0.25, 0.3) is 0 Å². The van der Waals surface area contributed by atoms with Gasteiger partial charge in [0.25, 0.3) is 5.91 Å². The number of rotatable bonds is 5. The predicted molar refractivity (Wildman–Crippen MR) is 101 cm³/mol. The van der Waals surface area contributed by atoms with Crippen molar-refractivity contribution in [1.82, 2.24) is 14.7 Å². The summed E-state index contributed by atoms with van der Waals surface area (Å²) in [5, 5.41) is 7.02. The predicted octanol–water partition coefficient (Wildman–Crippen LogP) is 4.06. The van der Waals surface area contributed by atoms with Crippen LogP contribution in [0.5, 0.6) is 0 Å². The summed E-state index contributed by atoms with van der Waals surface area (Å²) in [5.74, 6) is 0.846. The molecule has 1 saturated carbocycles. The van der Waals surface area contributed by atoms with Gasteiger partial charge < -0.3 is 5.32 Å². The van der Waals surface area contributed by atoms with E-state index < -0.39 is 0 Å². The zero-order chi connectivity index (χ0) is 17.2. The van der Waals surface area contributed by atoms with Crippen molar-refractivity contribution >= 4 is 22.9 Å². The van der Waals surface area contributed by atoms with E-state index in [9.17, 15) is 4.79 Å². The van der Waals surface area contributed by atoms with Gasteiger partial charge in [-0.1, -0.05) is 12.8 Å². The number of carbonyl (C=O) groups is 1. The van der Waals surface area contributed by atoms with Crippen molar-refractivity contribution in [3.8, 4) is 0 Å². The van der Waals surface area contributed by atoms with Crippen LogP contribution in [0.2, 0.25) is 0 Å². The second-order valence-corrected chi connectivity index (χ2v) is 8.48. The SMILES string of the molecule is Cn1cc(NC(=O)c2ccc(C3CCCN3CC3CCCC3)s2)cn1. The Bertz CT molecular complexity index is 731. The molecule has 0 aromatic carbocycles.